The number of anilines is 1. The average Bonchev–Trinajstić information content (AvgIpc) is 2.49. The molecule has 0 spiro atoms. The summed E-state index contributed by atoms with van der Waals surface area (Å²) in [7, 11) is 0. The van der Waals surface area contributed by atoms with Gasteiger partial charge in [-0.05, 0) is 30.5 Å². The van der Waals surface area contributed by atoms with Gasteiger partial charge in [-0.25, -0.2) is 0 Å². The molecule has 0 N–H and O–H groups in total. The van der Waals surface area contributed by atoms with E-state index >= 15 is 0 Å². The van der Waals surface area contributed by atoms with Crippen LogP contribution in [0.4, 0.5) is 5.69 Å². The Hall–Kier alpha value is -0.384. The van der Waals surface area contributed by atoms with Crippen molar-refractivity contribution < 1.29 is 61.3 Å². The van der Waals surface area contributed by atoms with Crippen molar-refractivity contribution in [2.75, 3.05) is 18.0 Å². The molecule has 5 heteroatoms. The van der Waals surface area contributed by atoms with E-state index in [0.29, 0.717) is 5.56 Å². The third-order valence-electron chi connectivity index (χ3n) is 3.52. The molecule has 22 heavy (non-hydrogen) atoms. The molecule has 4 nitrogen and oxygen atoms in total. The Morgan fingerprint density at radius 2 is 1.68 bits per heavy atom. The number of carboxylic acids is 1. The van der Waals surface area contributed by atoms with Crippen LogP contribution in [0.15, 0.2) is 24.3 Å². The molecule has 114 valence electrons. The molecule has 1 rings (SSSR count). The van der Waals surface area contributed by atoms with E-state index in [0.717, 1.165) is 44.5 Å². The molecule has 0 saturated heterocycles. The molecule has 0 fully saturated rings. The number of nitriles is 1. The second-order valence-electron chi connectivity index (χ2n) is 5.17. The van der Waals surface area contributed by atoms with Crippen molar-refractivity contribution in [1.29, 1.82) is 5.26 Å². The first-order chi connectivity index (χ1) is 10.1. The summed E-state index contributed by atoms with van der Waals surface area (Å²) < 4.78 is 0. The Bertz CT molecular complexity index is 474. The fourth-order valence-corrected chi connectivity index (χ4v) is 2.21. The van der Waals surface area contributed by atoms with Crippen LogP contribution in [0.3, 0.4) is 0 Å². The molecular formula is C17H23KN2O2. The first-order valence-corrected chi connectivity index (χ1v) is 7.59. The van der Waals surface area contributed by atoms with E-state index in [1.807, 2.05) is 12.1 Å². The standard InChI is InChI=1S/C17H24N2O2.K/c1-3-5-11-19(12-6-4-2)15-9-7-14(8-10-15)16(13-18)17(20)21;/h7-10,16H,3-6,11-12H2,1-2H3,(H,20,21);/q;+1/p-1. The molecule has 1 aromatic carbocycles. The number of benzene rings is 1. The van der Waals surface area contributed by atoms with Gasteiger partial charge in [-0.1, -0.05) is 38.8 Å². The molecule has 0 radical (unpaired) electrons. The smallest absolute Gasteiger partial charge is 0.548 e. The van der Waals surface area contributed by atoms with Gasteiger partial charge in [0.05, 0.1) is 12.0 Å². The second kappa shape index (κ2) is 12.1. The van der Waals surface area contributed by atoms with E-state index in [2.05, 4.69) is 18.7 Å². The van der Waals surface area contributed by atoms with Crippen molar-refractivity contribution in [3.05, 3.63) is 29.8 Å². The number of nitrogens with zero attached hydrogens (tertiary/aromatic N) is 2. The van der Waals surface area contributed by atoms with Gasteiger partial charge in [-0.15, -0.1) is 0 Å². The van der Waals surface area contributed by atoms with Gasteiger partial charge in [0.15, 0.2) is 0 Å². The maximum absolute atomic E-state index is 10.9. The largest absolute Gasteiger partial charge is 1.00 e. The van der Waals surface area contributed by atoms with Crippen LogP contribution < -0.4 is 61.4 Å². The molecule has 0 aromatic heterocycles. The van der Waals surface area contributed by atoms with E-state index in [1.54, 1.807) is 18.2 Å². The number of carboxylic acid groups (broad SMARTS) is 1. The minimum Gasteiger partial charge on any atom is -0.548 e. The molecule has 0 saturated carbocycles. The van der Waals surface area contributed by atoms with Crippen molar-refractivity contribution in [3.8, 4) is 6.07 Å². The fraction of sp³-hybridized carbons (Fsp3) is 0.529. The van der Waals surface area contributed by atoms with E-state index in [9.17, 15) is 9.90 Å². The van der Waals surface area contributed by atoms with Gasteiger partial charge >= 0.3 is 51.4 Å². The monoisotopic (exact) mass is 326 g/mol. The molecule has 0 heterocycles. The van der Waals surface area contributed by atoms with Crippen LogP contribution in [0.1, 0.15) is 51.0 Å². The number of carbonyl (C=O) groups is 1. The van der Waals surface area contributed by atoms with Crippen LogP contribution >= 0.6 is 0 Å². The Morgan fingerprint density at radius 3 is 2.05 bits per heavy atom. The van der Waals surface area contributed by atoms with Crippen LogP contribution in [0.5, 0.6) is 0 Å². The molecular weight excluding hydrogens is 303 g/mol. The summed E-state index contributed by atoms with van der Waals surface area (Å²) in [6.45, 7) is 6.33. The molecule has 1 unspecified atom stereocenters. The van der Waals surface area contributed by atoms with Gasteiger partial charge in [0.25, 0.3) is 0 Å². The number of rotatable bonds is 9. The van der Waals surface area contributed by atoms with Crippen molar-refractivity contribution in [2.24, 2.45) is 0 Å². The summed E-state index contributed by atoms with van der Waals surface area (Å²) in [6.07, 6.45) is 4.54. The zero-order valence-corrected chi connectivity index (χ0v) is 17.0. The third kappa shape index (κ3) is 6.80. The number of hydrogen-bond donors (Lipinski definition) is 0. The Kier molecular flexibility index (Phi) is 11.9. The van der Waals surface area contributed by atoms with E-state index in [4.69, 9.17) is 5.26 Å². The Labute approximate surface area is 175 Å². The summed E-state index contributed by atoms with van der Waals surface area (Å²) in [5.74, 6) is -2.54. The number of carbonyl (C=O) groups excluding carboxylic acids is 1. The Balaban J connectivity index is 0.00000441. The molecule has 0 amide bonds. The van der Waals surface area contributed by atoms with Gasteiger partial charge in [-0.2, -0.15) is 5.26 Å². The summed E-state index contributed by atoms with van der Waals surface area (Å²) in [4.78, 5) is 13.2. The molecule has 0 bridgehead atoms. The summed E-state index contributed by atoms with van der Waals surface area (Å²) in [5.41, 5.74) is 1.56. The van der Waals surface area contributed by atoms with Crippen LogP contribution in [-0.4, -0.2) is 19.1 Å². The predicted molar refractivity (Wildman–Crippen MR) is 81.8 cm³/mol. The number of hydrogen-bond acceptors (Lipinski definition) is 4. The van der Waals surface area contributed by atoms with E-state index in [1.165, 1.54) is 0 Å². The normalized spacial score (nSPS) is 11.1. The van der Waals surface area contributed by atoms with Crippen molar-refractivity contribution >= 4 is 11.7 Å². The van der Waals surface area contributed by atoms with E-state index in [-0.39, 0.29) is 51.4 Å². The first-order valence-electron chi connectivity index (χ1n) is 7.59. The van der Waals surface area contributed by atoms with Crippen molar-refractivity contribution in [1.82, 2.24) is 0 Å². The zero-order chi connectivity index (χ0) is 15.7. The second-order valence-corrected chi connectivity index (χ2v) is 5.17. The minimum atomic E-state index is -1.35. The van der Waals surface area contributed by atoms with Crippen LogP contribution in [0.25, 0.3) is 0 Å². The summed E-state index contributed by atoms with van der Waals surface area (Å²) in [6, 6.07) is 8.98. The molecule has 0 aliphatic heterocycles. The average molecular weight is 326 g/mol. The maximum atomic E-state index is 10.9. The number of unbranched alkanes of at least 4 members (excludes halogenated alkanes) is 2. The quantitative estimate of drug-likeness (QED) is 0.571. The first kappa shape index (κ1) is 21.6. The number of aliphatic carboxylic acids is 1. The van der Waals surface area contributed by atoms with Gasteiger partial charge in [0.1, 0.15) is 5.92 Å². The summed E-state index contributed by atoms with van der Waals surface area (Å²) in [5, 5.41) is 19.8. The SMILES string of the molecule is CCCCN(CCCC)c1ccc(C(C#N)C(=O)[O-])cc1.[K+]. The minimum absolute atomic E-state index is 0. The predicted octanol–water partition coefficient (Wildman–Crippen LogP) is -0.546. The zero-order valence-electron chi connectivity index (χ0n) is 13.8. The van der Waals surface area contributed by atoms with Crippen LogP contribution in [0.2, 0.25) is 0 Å². The van der Waals surface area contributed by atoms with Gasteiger partial charge in [-0.3, -0.25) is 0 Å². The molecule has 1 aromatic rings. The van der Waals surface area contributed by atoms with Crippen LogP contribution in [0, 0.1) is 11.3 Å². The fourth-order valence-electron chi connectivity index (χ4n) is 2.21. The molecule has 0 aliphatic rings. The van der Waals surface area contributed by atoms with Gasteiger partial charge in [0, 0.05) is 18.8 Å². The van der Waals surface area contributed by atoms with Crippen LogP contribution in [-0.2, 0) is 4.79 Å². The van der Waals surface area contributed by atoms with Crippen molar-refractivity contribution in [3.63, 3.8) is 0 Å². The van der Waals surface area contributed by atoms with Gasteiger partial charge < -0.3 is 14.8 Å². The third-order valence-corrected chi connectivity index (χ3v) is 3.52. The van der Waals surface area contributed by atoms with E-state index < -0.39 is 11.9 Å². The maximum Gasteiger partial charge on any atom is 1.00 e. The van der Waals surface area contributed by atoms with Crippen molar-refractivity contribution in [2.45, 2.75) is 45.4 Å². The topological polar surface area (TPSA) is 67.2 Å². The van der Waals surface area contributed by atoms with Gasteiger partial charge in [0.2, 0.25) is 0 Å². The Morgan fingerprint density at radius 1 is 1.18 bits per heavy atom. The molecule has 1 atom stereocenters. The summed E-state index contributed by atoms with van der Waals surface area (Å²) >= 11 is 0. The molecule has 0 aliphatic carbocycles.